The van der Waals surface area contributed by atoms with Gasteiger partial charge in [-0.3, -0.25) is 9.59 Å². The summed E-state index contributed by atoms with van der Waals surface area (Å²) in [5.41, 5.74) is -5.18. The SMILES string of the molecule is Cc1c(C(=O)O)c(O)cc2c1C(=O)c1c([O-])c([C@@H]3O[C@H](CO)[C@@H](O)[C@H](O)[C@H]3O)c([O-])c(O)c1C2=O. The van der Waals surface area contributed by atoms with Crippen molar-refractivity contribution in [2.75, 3.05) is 6.61 Å². The summed E-state index contributed by atoms with van der Waals surface area (Å²) in [7, 11) is 0. The highest BCUT2D eigenvalue weighted by Gasteiger charge is 2.46. The van der Waals surface area contributed by atoms with Gasteiger partial charge in [-0.15, -0.1) is 0 Å². The molecule has 1 aliphatic carbocycles. The second-order valence-electron chi connectivity index (χ2n) is 8.20. The molecule has 1 saturated heterocycles. The predicted octanol–water partition coefficient (Wildman–Crippen LogP) is -2.46. The number of aliphatic hydroxyl groups is 4. The van der Waals surface area contributed by atoms with Crippen LogP contribution in [0.1, 0.15) is 59.4 Å². The molecular formula is C22H18O13-2. The van der Waals surface area contributed by atoms with Gasteiger partial charge in [0.1, 0.15) is 47.6 Å². The van der Waals surface area contributed by atoms with E-state index >= 15 is 0 Å². The summed E-state index contributed by atoms with van der Waals surface area (Å²) in [6, 6.07) is 0.675. The molecule has 0 aromatic heterocycles. The molecular weight excluding hydrogens is 472 g/mol. The number of phenols is 2. The Labute approximate surface area is 195 Å². The van der Waals surface area contributed by atoms with Crippen LogP contribution in [0.4, 0.5) is 0 Å². The van der Waals surface area contributed by atoms with Crippen molar-refractivity contribution in [1.29, 1.82) is 0 Å². The Kier molecular flexibility index (Phi) is 5.70. The Balaban J connectivity index is 1.99. The number of ketones is 2. The molecule has 2 aromatic rings. The summed E-state index contributed by atoms with van der Waals surface area (Å²) in [6.07, 6.45) is -9.48. The topological polar surface area (TPSA) is 248 Å². The molecule has 0 unspecified atom stereocenters. The van der Waals surface area contributed by atoms with Crippen molar-refractivity contribution in [1.82, 2.24) is 0 Å². The number of ether oxygens (including phenoxy) is 1. The van der Waals surface area contributed by atoms with Crippen LogP contribution in [-0.4, -0.2) is 84.3 Å². The van der Waals surface area contributed by atoms with E-state index in [1.807, 2.05) is 0 Å². The summed E-state index contributed by atoms with van der Waals surface area (Å²) in [5.74, 6) is -9.24. The predicted molar refractivity (Wildman–Crippen MR) is 106 cm³/mol. The summed E-state index contributed by atoms with van der Waals surface area (Å²) in [5, 5.41) is 95.9. The van der Waals surface area contributed by atoms with Gasteiger partial charge in [0.05, 0.1) is 12.2 Å². The fraction of sp³-hybridized carbons (Fsp3) is 0.318. The van der Waals surface area contributed by atoms with Gasteiger partial charge in [0.15, 0.2) is 11.6 Å². The number of carboxylic acids is 1. The van der Waals surface area contributed by atoms with Crippen LogP contribution in [0, 0.1) is 6.92 Å². The number of carboxylic acid groups (broad SMARTS) is 1. The number of hydrogen-bond donors (Lipinski definition) is 7. The first-order valence-electron chi connectivity index (χ1n) is 10.1. The van der Waals surface area contributed by atoms with Gasteiger partial charge >= 0.3 is 5.97 Å². The number of carbonyl (C=O) groups excluding carboxylic acids is 2. The van der Waals surface area contributed by atoms with Crippen molar-refractivity contribution in [3.05, 3.63) is 45.0 Å². The molecule has 0 saturated carbocycles. The first-order valence-corrected chi connectivity index (χ1v) is 10.1. The van der Waals surface area contributed by atoms with E-state index in [1.54, 1.807) is 0 Å². The highest BCUT2D eigenvalue weighted by Crippen LogP contribution is 2.50. The van der Waals surface area contributed by atoms with E-state index in [0.29, 0.717) is 6.07 Å². The lowest BCUT2D eigenvalue weighted by Gasteiger charge is -2.43. The molecule has 0 radical (unpaired) electrons. The van der Waals surface area contributed by atoms with Crippen LogP contribution in [0.15, 0.2) is 6.07 Å². The molecule has 4 rings (SSSR count). The van der Waals surface area contributed by atoms with Crippen molar-refractivity contribution in [2.24, 2.45) is 0 Å². The zero-order valence-corrected chi connectivity index (χ0v) is 17.8. The summed E-state index contributed by atoms with van der Waals surface area (Å²) < 4.78 is 5.22. The standard InChI is InChI=1S/C22H20O13/c1-4-8-5(2-6(24)9(4)22(33)34)13(25)10-11(15(8)27)16(28)12(18(30)17(10)29)21-20(32)19(31)14(26)7(3-23)35-21/h2,7,14,19-21,23-24,26,28-32H,3H2,1H3,(H,33,34)/p-2/t7-,14-,19+,20-,21+/m1/s1. The minimum Gasteiger partial charge on any atom is -0.872 e. The number of aliphatic hydroxyl groups excluding tert-OH is 4. The van der Waals surface area contributed by atoms with Gasteiger partial charge in [-0.25, -0.2) is 4.79 Å². The fourth-order valence-electron chi connectivity index (χ4n) is 4.55. The molecule has 0 bridgehead atoms. The van der Waals surface area contributed by atoms with E-state index in [9.17, 15) is 60.3 Å². The third-order valence-electron chi connectivity index (χ3n) is 6.29. The number of aromatic hydroxyl groups is 2. The van der Waals surface area contributed by atoms with Gasteiger partial charge in [0.2, 0.25) is 0 Å². The van der Waals surface area contributed by atoms with E-state index in [2.05, 4.69) is 0 Å². The Morgan fingerprint density at radius 2 is 1.60 bits per heavy atom. The molecule has 13 nitrogen and oxygen atoms in total. The van der Waals surface area contributed by atoms with Crippen LogP contribution < -0.4 is 10.2 Å². The second-order valence-corrected chi connectivity index (χ2v) is 8.20. The molecule has 13 heteroatoms. The highest BCUT2D eigenvalue weighted by atomic mass is 16.5. The van der Waals surface area contributed by atoms with Crippen LogP contribution in [0.25, 0.3) is 0 Å². The third kappa shape index (κ3) is 3.25. The minimum absolute atomic E-state index is 0.351. The molecule has 7 N–H and O–H groups in total. The number of benzene rings is 2. The largest absolute Gasteiger partial charge is 0.872 e. The molecule has 1 heterocycles. The number of phenolic OH excluding ortho intramolecular Hbond substituents is 1. The normalized spacial score (nSPS) is 25.8. The molecule has 5 atom stereocenters. The van der Waals surface area contributed by atoms with Crippen LogP contribution in [-0.2, 0) is 4.74 Å². The van der Waals surface area contributed by atoms with Crippen molar-refractivity contribution < 1.29 is 65.1 Å². The Morgan fingerprint density at radius 1 is 0.971 bits per heavy atom. The lowest BCUT2D eigenvalue weighted by molar-refractivity contribution is -0.293. The second kappa shape index (κ2) is 8.18. The van der Waals surface area contributed by atoms with E-state index in [0.717, 1.165) is 6.92 Å². The molecule has 186 valence electrons. The lowest BCUT2D eigenvalue weighted by atomic mass is 9.77. The van der Waals surface area contributed by atoms with Gasteiger partial charge in [-0.2, -0.15) is 0 Å². The maximum absolute atomic E-state index is 13.3. The van der Waals surface area contributed by atoms with Crippen LogP contribution in [0.5, 0.6) is 23.0 Å². The van der Waals surface area contributed by atoms with Gasteiger partial charge in [0.25, 0.3) is 0 Å². The van der Waals surface area contributed by atoms with E-state index < -0.39 is 111 Å². The summed E-state index contributed by atoms with van der Waals surface area (Å²) >= 11 is 0. The van der Waals surface area contributed by atoms with Gasteiger partial charge in [0, 0.05) is 16.7 Å². The first-order chi connectivity index (χ1) is 16.3. The van der Waals surface area contributed by atoms with Gasteiger partial charge in [-0.1, -0.05) is 11.5 Å². The maximum atomic E-state index is 13.3. The van der Waals surface area contributed by atoms with Crippen LogP contribution in [0.3, 0.4) is 0 Å². The number of aromatic carboxylic acids is 1. The Morgan fingerprint density at radius 3 is 2.17 bits per heavy atom. The van der Waals surface area contributed by atoms with Crippen molar-refractivity contribution in [2.45, 2.75) is 37.4 Å². The van der Waals surface area contributed by atoms with Crippen molar-refractivity contribution >= 4 is 17.5 Å². The van der Waals surface area contributed by atoms with E-state index in [-0.39, 0.29) is 5.56 Å². The summed E-state index contributed by atoms with van der Waals surface area (Å²) in [4.78, 5) is 37.9. The van der Waals surface area contributed by atoms with Crippen LogP contribution in [0.2, 0.25) is 0 Å². The first kappa shape index (κ1) is 24.4. The molecule has 1 fully saturated rings. The Bertz CT molecular complexity index is 1300. The number of fused-ring (bicyclic) bond motifs is 2. The number of hydrogen-bond acceptors (Lipinski definition) is 12. The monoisotopic (exact) mass is 490 g/mol. The zero-order valence-electron chi connectivity index (χ0n) is 17.8. The molecule has 2 aromatic carbocycles. The zero-order chi connectivity index (χ0) is 26.1. The van der Waals surface area contributed by atoms with Crippen molar-refractivity contribution in [3.63, 3.8) is 0 Å². The lowest BCUT2D eigenvalue weighted by Crippen LogP contribution is -2.55. The minimum atomic E-state index is -2.11. The highest BCUT2D eigenvalue weighted by molar-refractivity contribution is 6.31. The quantitative estimate of drug-likeness (QED) is 0.201. The van der Waals surface area contributed by atoms with Gasteiger partial charge < -0.3 is 50.7 Å². The average Bonchev–Trinajstić information content (AvgIpc) is 2.79. The van der Waals surface area contributed by atoms with Gasteiger partial charge in [-0.05, 0) is 24.1 Å². The third-order valence-corrected chi connectivity index (χ3v) is 6.29. The van der Waals surface area contributed by atoms with Crippen LogP contribution >= 0.6 is 0 Å². The average molecular weight is 490 g/mol. The fourth-order valence-corrected chi connectivity index (χ4v) is 4.55. The van der Waals surface area contributed by atoms with Crippen molar-refractivity contribution in [3.8, 4) is 23.0 Å². The molecule has 0 amide bonds. The smallest absolute Gasteiger partial charge is 0.339 e. The van der Waals surface area contributed by atoms with E-state index in [4.69, 9.17) is 4.74 Å². The summed E-state index contributed by atoms with van der Waals surface area (Å²) in [6.45, 7) is 0.217. The maximum Gasteiger partial charge on any atom is 0.339 e. The molecule has 1 aliphatic heterocycles. The molecule has 0 spiro atoms. The Hall–Kier alpha value is -3.75. The number of carbonyl (C=O) groups is 3. The van der Waals surface area contributed by atoms with E-state index in [1.165, 1.54) is 0 Å². The number of rotatable bonds is 3. The molecule has 2 aliphatic rings. The molecule has 35 heavy (non-hydrogen) atoms.